The van der Waals surface area contributed by atoms with Crippen LogP contribution in [0.15, 0.2) is 42.5 Å². The number of rotatable bonds is 4. The van der Waals surface area contributed by atoms with Gasteiger partial charge in [0.05, 0.1) is 0 Å². The van der Waals surface area contributed by atoms with Gasteiger partial charge in [-0.25, -0.2) is 4.39 Å². The second-order valence-corrected chi connectivity index (χ2v) is 6.83. The van der Waals surface area contributed by atoms with Gasteiger partial charge in [0.2, 0.25) is 5.88 Å². The van der Waals surface area contributed by atoms with E-state index in [0.717, 1.165) is 37.9 Å². The maximum atomic E-state index is 13.8. The van der Waals surface area contributed by atoms with Crippen molar-refractivity contribution in [3.05, 3.63) is 48.3 Å². The molecule has 132 valence electrons. The van der Waals surface area contributed by atoms with Crippen molar-refractivity contribution in [3.63, 3.8) is 0 Å². The monoisotopic (exact) mass is 341 g/mol. The Bertz CT molecular complexity index is 720. The van der Waals surface area contributed by atoms with Crippen LogP contribution in [-0.2, 0) is 0 Å². The highest BCUT2D eigenvalue weighted by Gasteiger charge is 2.26. The van der Waals surface area contributed by atoms with Gasteiger partial charge in [0, 0.05) is 38.3 Å². The molecule has 2 aliphatic rings. The van der Waals surface area contributed by atoms with Crippen molar-refractivity contribution in [2.24, 2.45) is 0 Å². The topological polar surface area (TPSA) is 28.6 Å². The maximum Gasteiger partial charge on any atom is 0.221 e. The first-order valence-electron chi connectivity index (χ1n) is 9.18. The van der Waals surface area contributed by atoms with Crippen molar-refractivity contribution < 1.29 is 9.13 Å². The lowest BCUT2D eigenvalue weighted by Gasteiger charge is -2.36. The van der Waals surface area contributed by atoms with Gasteiger partial charge in [-0.05, 0) is 37.5 Å². The van der Waals surface area contributed by atoms with Crippen LogP contribution in [0.3, 0.4) is 0 Å². The van der Waals surface area contributed by atoms with Crippen LogP contribution in [0.2, 0.25) is 0 Å². The summed E-state index contributed by atoms with van der Waals surface area (Å²) in [6.07, 6.45) is 5.23. The summed E-state index contributed by atoms with van der Waals surface area (Å²) in [5.74, 6) is 1.17. The quantitative estimate of drug-likeness (QED) is 0.838. The Morgan fingerprint density at radius 2 is 1.80 bits per heavy atom. The highest BCUT2D eigenvalue weighted by Crippen LogP contribution is 2.27. The van der Waals surface area contributed by atoms with Crippen molar-refractivity contribution in [3.8, 4) is 11.6 Å². The van der Waals surface area contributed by atoms with Crippen LogP contribution in [0.5, 0.6) is 11.6 Å². The molecular formula is C20H24FN3O. The molecule has 0 N–H and O–H groups in total. The van der Waals surface area contributed by atoms with Gasteiger partial charge in [-0.15, -0.1) is 0 Å². The summed E-state index contributed by atoms with van der Waals surface area (Å²) in [6.45, 7) is 4.24. The van der Waals surface area contributed by atoms with E-state index in [1.54, 1.807) is 24.3 Å². The molecule has 1 aliphatic carbocycles. The standard InChI is InChI=1S/C20H24FN3O/c21-17-8-1-2-9-18(17)25-20-11-4-10-19(22-20)24-13-5-12-23(14-15-24)16-6-3-7-16/h1-2,4,8-11,16H,3,5-7,12-15H2. The number of hydrogen-bond donors (Lipinski definition) is 0. The number of para-hydroxylation sites is 1. The minimum absolute atomic E-state index is 0.208. The van der Waals surface area contributed by atoms with Gasteiger partial charge >= 0.3 is 0 Å². The van der Waals surface area contributed by atoms with E-state index < -0.39 is 0 Å². The molecule has 2 fully saturated rings. The molecule has 1 saturated carbocycles. The molecule has 1 aromatic heterocycles. The molecule has 0 radical (unpaired) electrons. The number of pyridine rings is 1. The third-order valence-corrected chi connectivity index (χ3v) is 5.21. The van der Waals surface area contributed by atoms with Crippen LogP contribution in [0, 0.1) is 5.82 Å². The molecule has 1 aromatic carbocycles. The zero-order valence-corrected chi connectivity index (χ0v) is 14.4. The number of halogens is 1. The van der Waals surface area contributed by atoms with Crippen molar-refractivity contribution in [2.45, 2.75) is 31.7 Å². The van der Waals surface area contributed by atoms with Crippen LogP contribution in [0.4, 0.5) is 10.2 Å². The second-order valence-electron chi connectivity index (χ2n) is 6.83. The van der Waals surface area contributed by atoms with Gasteiger partial charge in [-0.3, -0.25) is 4.90 Å². The zero-order valence-electron chi connectivity index (χ0n) is 14.4. The number of nitrogens with zero attached hydrogens (tertiary/aromatic N) is 3. The van der Waals surface area contributed by atoms with Gasteiger partial charge in [0.15, 0.2) is 11.6 Å². The lowest BCUT2D eigenvalue weighted by Crippen LogP contribution is -2.42. The summed E-state index contributed by atoms with van der Waals surface area (Å²) < 4.78 is 19.4. The number of anilines is 1. The third kappa shape index (κ3) is 3.76. The third-order valence-electron chi connectivity index (χ3n) is 5.21. The van der Waals surface area contributed by atoms with Gasteiger partial charge in [-0.1, -0.05) is 24.6 Å². The molecule has 2 aromatic rings. The first kappa shape index (κ1) is 16.3. The van der Waals surface area contributed by atoms with E-state index >= 15 is 0 Å². The summed E-state index contributed by atoms with van der Waals surface area (Å²) in [6, 6.07) is 12.9. The summed E-state index contributed by atoms with van der Waals surface area (Å²) in [4.78, 5) is 9.54. The molecule has 4 rings (SSSR count). The molecule has 0 atom stereocenters. The van der Waals surface area contributed by atoms with E-state index in [2.05, 4.69) is 14.8 Å². The Balaban J connectivity index is 1.44. The molecule has 4 nitrogen and oxygen atoms in total. The van der Waals surface area contributed by atoms with Gasteiger partial charge in [0.1, 0.15) is 5.82 Å². The largest absolute Gasteiger partial charge is 0.436 e. The lowest BCUT2D eigenvalue weighted by atomic mass is 9.91. The van der Waals surface area contributed by atoms with Crippen LogP contribution in [-0.4, -0.2) is 42.1 Å². The number of hydrogen-bond acceptors (Lipinski definition) is 4. The van der Waals surface area contributed by atoms with E-state index in [0.29, 0.717) is 5.88 Å². The molecular weight excluding hydrogens is 317 g/mol. The molecule has 0 spiro atoms. The Morgan fingerprint density at radius 1 is 0.920 bits per heavy atom. The summed E-state index contributed by atoms with van der Waals surface area (Å²) >= 11 is 0. The highest BCUT2D eigenvalue weighted by molar-refractivity contribution is 5.42. The number of ether oxygens (including phenoxy) is 1. The summed E-state index contributed by atoms with van der Waals surface area (Å²) in [5.41, 5.74) is 0. The minimum atomic E-state index is -0.374. The number of benzene rings is 1. The SMILES string of the molecule is Fc1ccccc1Oc1cccc(N2CCCN(C3CCC3)CC2)n1. The Hall–Kier alpha value is -2.14. The molecule has 25 heavy (non-hydrogen) atoms. The van der Waals surface area contributed by atoms with Crippen molar-refractivity contribution in [2.75, 3.05) is 31.1 Å². The van der Waals surface area contributed by atoms with Gasteiger partial charge in [-0.2, -0.15) is 4.98 Å². The first-order chi connectivity index (χ1) is 12.3. The van der Waals surface area contributed by atoms with Crippen LogP contribution >= 0.6 is 0 Å². The smallest absolute Gasteiger partial charge is 0.221 e. The fourth-order valence-electron chi connectivity index (χ4n) is 3.56. The predicted molar refractivity (Wildman–Crippen MR) is 96.8 cm³/mol. The molecule has 0 amide bonds. The summed E-state index contributed by atoms with van der Waals surface area (Å²) in [7, 11) is 0. The van der Waals surface area contributed by atoms with Crippen molar-refractivity contribution >= 4 is 5.82 Å². The maximum absolute atomic E-state index is 13.8. The van der Waals surface area contributed by atoms with E-state index in [-0.39, 0.29) is 11.6 Å². The second kappa shape index (κ2) is 7.40. The van der Waals surface area contributed by atoms with Gasteiger partial charge < -0.3 is 9.64 Å². The fraction of sp³-hybridized carbons (Fsp3) is 0.450. The molecule has 0 bridgehead atoms. The van der Waals surface area contributed by atoms with Crippen LogP contribution < -0.4 is 9.64 Å². The average molecular weight is 341 g/mol. The van der Waals surface area contributed by atoms with E-state index in [4.69, 9.17) is 4.74 Å². The highest BCUT2D eigenvalue weighted by atomic mass is 19.1. The molecule has 1 saturated heterocycles. The van der Waals surface area contributed by atoms with E-state index in [9.17, 15) is 4.39 Å². The Labute approximate surface area is 148 Å². The molecule has 2 heterocycles. The van der Waals surface area contributed by atoms with Crippen LogP contribution in [0.25, 0.3) is 0 Å². The normalized spacial score (nSPS) is 19.3. The van der Waals surface area contributed by atoms with Gasteiger partial charge in [0.25, 0.3) is 0 Å². The van der Waals surface area contributed by atoms with E-state index in [1.807, 2.05) is 12.1 Å². The molecule has 5 heteroatoms. The van der Waals surface area contributed by atoms with Crippen molar-refractivity contribution in [1.82, 2.24) is 9.88 Å². The number of aromatic nitrogens is 1. The Kier molecular flexibility index (Phi) is 4.83. The molecule has 1 aliphatic heterocycles. The predicted octanol–water partition coefficient (Wildman–Crippen LogP) is 4.08. The van der Waals surface area contributed by atoms with Crippen molar-refractivity contribution in [1.29, 1.82) is 0 Å². The Morgan fingerprint density at radius 3 is 2.60 bits per heavy atom. The fourth-order valence-corrected chi connectivity index (χ4v) is 3.56. The zero-order chi connectivity index (χ0) is 17.1. The summed E-state index contributed by atoms with van der Waals surface area (Å²) in [5, 5.41) is 0. The lowest BCUT2D eigenvalue weighted by molar-refractivity contribution is 0.136. The average Bonchev–Trinajstić information content (AvgIpc) is 2.82. The molecule has 0 unspecified atom stereocenters. The van der Waals surface area contributed by atoms with Crippen LogP contribution in [0.1, 0.15) is 25.7 Å². The van der Waals surface area contributed by atoms with E-state index in [1.165, 1.54) is 31.9 Å². The minimum Gasteiger partial charge on any atom is -0.436 e. The first-order valence-corrected chi connectivity index (χ1v) is 9.18.